The van der Waals surface area contributed by atoms with Gasteiger partial charge in [-0.1, -0.05) is 12.1 Å². The van der Waals surface area contributed by atoms with Gasteiger partial charge in [0.1, 0.15) is 17.2 Å². The molecule has 1 aliphatic heterocycles. The van der Waals surface area contributed by atoms with E-state index >= 15 is 0 Å². The molecule has 1 heterocycles. The molecule has 1 saturated heterocycles. The molecule has 1 fully saturated rings. The summed E-state index contributed by atoms with van der Waals surface area (Å²) in [4.78, 5) is 49.2. The van der Waals surface area contributed by atoms with E-state index in [4.69, 9.17) is 14.2 Å². The molecule has 0 aromatic heterocycles. The Morgan fingerprint density at radius 3 is 2.70 bits per heavy atom. The number of nitrogens with one attached hydrogen (secondary N) is 1. The molecule has 1 N–H and O–H groups in total. The van der Waals surface area contributed by atoms with Gasteiger partial charge in [-0.3, -0.25) is 24.5 Å². The number of para-hydroxylation sites is 2. The Labute approximate surface area is 189 Å². The molecule has 3 rings (SSSR count). The molecule has 33 heavy (non-hydrogen) atoms. The summed E-state index contributed by atoms with van der Waals surface area (Å²) in [7, 11) is 1.38. The number of hydrogen-bond donors (Lipinski definition) is 1. The number of rotatable bonds is 9. The van der Waals surface area contributed by atoms with Crippen LogP contribution in [-0.4, -0.2) is 49.6 Å². The number of carbonyl (C=O) groups is 3. The van der Waals surface area contributed by atoms with E-state index in [1.165, 1.54) is 30.2 Å². The van der Waals surface area contributed by atoms with Crippen LogP contribution in [0.5, 0.6) is 11.5 Å². The van der Waals surface area contributed by atoms with Crippen molar-refractivity contribution in [3.05, 3.63) is 52.6 Å². The summed E-state index contributed by atoms with van der Waals surface area (Å²) in [5, 5.41) is 13.5. The second kappa shape index (κ2) is 10.4. The fourth-order valence-electron chi connectivity index (χ4n) is 3.40. The van der Waals surface area contributed by atoms with E-state index in [0.29, 0.717) is 23.8 Å². The number of benzene rings is 2. The lowest BCUT2D eigenvalue weighted by Gasteiger charge is -2.19. The van der Waals surface area contributed by atoms with Crippen molar-refractivity contribution in [2.45, 2.75) is 13.3 Å². The predicted octanol–water partition coefficient (Wildman–Crippen LogP) is 2.54. The molecule has 11 heteroatoms. The van der Waals surface area contributed by atoms with Crippen LogP contribution in [0.2, 0.25) is 0 Å². The highest BCUT2D eigenvalue weighted by atomic mass is 16.6. The lowest BCUT2D eigenvalue weighted by atomic mass is 10.1. The van der Waals surface area contributed by atoms with E-state index < -0.39 is 29.3 Å². The monoisotopic (exact) mass is 457 g/mol. The minimum Gasteiger partial charge on any atom is -0.497 e. The standard InChI is InChI=1S/C22H23N3O8/c1-3-32-19-7-5-4-6-18(19)24-12-14(10-21(24)27)22(28)33-13-20(26)23-16-11-15(31-2)8-9-17(16)25(29)30/h4-9,11,14H,3,10,12-13H2,1-2H3,(H,23,26)/t14-/m0/s1. The molecular weight excluding hydrogens is 434 g/mol. The second-order valence-corrected chi connectivity index (χ2v) is 7.10. The Kier molecular flexibility index (Phi) is 7.44. The largest absolute Gasteiger partial charge is 0.497 e. The number of amides is 2. The predicted molar refractivity (Wildman–Crippen MR) is 117 cm³/mol. The van der Waals surface area contributed by atoms with Crippen molar-refractivity contribution in [1.82, 2.24) is 0 Å². The van der Waals surface area contributed by atoms with Crippen LogP contribution >= 0.6 is 0 Å². The number of nitro groups is 1. The number of esters is 1. The average Bonchev–Trinajstić information content (AvgIpc) is 3.19. The third kappa shape index (κ3) is 5.56. The molecular formula is C22H23N3O8. The highest BCUT2D eigenvalue weighted by molar-refractivity contribution is 6.01. The van der Waals surface area contributed by atoms with Crippen LogP contribution in [-0.2, 0) is 19.1 Å². The fraction of sp³-hybridized carbons (Fsp3) is 0.318. The zero-order chi connectivity index (χ0) is 24.0. The minimum absolute atomic E-state index is 0.0672. The summed E-state index contributed by atoms with van der Waals surface area (Å²) in [6.45, 7) is 1.68. The Bertz CT molecular complexity index is 1070. The minimum atomic E-state index is -0.762. The van der Waals surface area contributed by atoms with E-state index in [1.54, 1.807) is 24.3 Å². The number of ether oxygens (including phenoxy) is 3. The number of nitrogens with zero attached hydrogens (tertiary/aromatic N) is 2. The molecule has 11 nitrogen and oxygen atoms in total. The summed E-state index contributed by atoms with van der Waals surface area (Å²) >= 11 is 0. The van der Waals surface area contributed by atoms with Crippen LogP contribution in [0.15, 0.2) is 42.5 Å². The van der Waals surface area contributed by atoms with Gasteiger partial charge in [-0.2, -0.15) is 0 Å². The molecule has 174 valence electrons. The van der Waals surface area contributed by atoms with Gasteiger partial charge >= 0.3 is 5.97 Å². The molecule has 0 unspecified atom stereocenters. The number of methoxy groups -OCH3 is 1. The number of nitro benzene ring substituents is 1. The first-order chi connectivity index (χ1) is 15.8. The van der Waals surface area contributed by atoms with E-state index in [0.717, 1.165) is 0 Å². The van der Waals surface area contributed by atoms with Crippen molar-refractivity contribution in [3.8, 4) is 11.5 Å². The van der Waals surface area contributed by atoms with Crippen molar-refractivity contribution in [2.24, 2.45) is 5.92 Å². The smallest absolute Gasteiger partial charge is 0.311 e. The van der Waals surface area contributed by atoms with Crippen molar-refractivity contribution >= 4 is 34.8 Å². The molecule has 2 aromatic carbocycles. The van der Waals surface area contributed by atoms with Crippen LogP contribution < -0.4 is 19.7 Å². The van der Waals surface area contributed by atoms with E-state index in [1.807, 2.05) is 6.92 Å². The zero-order valence-corrected chi connectivity index (χ0v) is 18.1. The lowest BCUT2D eigenvalue weighted by molar-refractivity contribution is -0.383. The van der Waals surface area contributed by atoms with Crippen LogP contribution in [0.25, 0.3) is 0 Å². The third-order valence-electron chi connectivity index (χ3n) is 4.93. The van der Waals surface area contributed by atoms with Crippen molar-refractivity contribution < 1.29 is 33.5 Å². The zero-order valence-electron chi connectivity index (χ0n) is 18.1. The topological polar surface area (TPSA) is 137 Å². The maximum absolute atomic E-state index is 12.5. The van der Waals surface area contributed by atoms with Gasteiger partial charge in [-0.25, -0.2) is 0 Å². The SMILES string of the molecule is CCOc1ccccc1N1C[C@@H](C(=O)OCC(=O)Nc2cc(OC)ccc2[N+](=O)[O-])CC1=O. The van der Waals surface area contributed by atoms with Gasteiger partial charge in [-0.15, -0.1) is 0 Å². The quantitative estimate of drug-likeness (QED) is 0.344. The van der Waals surface area contributed by atoms with Crippen molar-refractivity contribution in [2.75, 3.05) is 37.1 Å². The Balaban J connectivity index is 1.60. The normalized spacial score (nSPS) is 15.2. The van der Waals surface area contributed by atoms with Crippen LogP contribution in [0.1, 0.15) is 13.3 Å². The first-order valence-electron chi connectivity index (χ1n) is 10.1. The van der Waals surface area contributed by atoms with Gasteiger partial charge in [-0.05, 0) is 25.1 Å². The van der Waals surface area contributed by atoms with E-state index in [2.05, 4.69) is 5.32 Å². The average molecular weight is 457 g/mol. The summed E-state index contributed by atoms with van der Waals surface area (Å²) < 4.78 is 15.6. The first-order valence-corrected chi connectivity index (χ1v) is 10.1. The maximum atomic E-state index is 12.5. The Morgan fingerprint density at radius 1 is 1.24 bits per heavy atom. The van der Waals surface area contributed by atoms with Gasteiger partial charge < -0.3 is 24.4 Å². The fourth-order valence-corrected chi connectivity index (χ4v) is 3.40. The first kappa shape index (κ1) is 23.5. The van der Waals surface area contributed by atoms with Crippen LogP contribution in [0.3, 0.4) is 0 Å². The second-order valence-electron chi connectivity index (χ2n) is 7.10. The van der Waals surface area contributed by atoms with Gasteiger partial charge in [0, 0.05) is 25.1 Å². The lowest BCUT2D eigenvalue weighted by Crippen LogP contribution is -2.28. The Hall–Kier alpha value is -4.15. The van der Waals surface area contributed by atoms with Crippen LogP contribution in [0, 0.1) is 16.0 Å². The number of anilines is 2. The van der Waals surface area contributed by atoms with E-state index in [9.17, 15) is 24.5 Å². The number of carbonyl (C=O) groups excluding carboxylic acids is 3. The molecule has 0 bridgehead atoms. The van der Waals surface area contributed by atoms with Gasteiger partial charge in [0.25, 0.3) is 11.6 Å². The molecule has 1 aliphatic rings. The molecule has 1 atom stereocenters. The van der Waals surface area contributed by atoms with Gasteiger partial charge in [0.05, 0.1) is 30.2 Å². The van der Waals surface area contributed by atoms with Crippen LogP contribution in [0.4, 0.5) is 17.1 Å². The molecule has 0 spiro atoms. The summed E-state index contributed by atoms with van der Waals surface area (Å²) in [6.07, 6.45) is -0.0672. The highest BCUT2D eigenvalue weighted by Gasteiger charge is 2.37. The Morgan fingerprint density at radius 2 is 2.00 bits per heavy atom. The van der Waals surface area contributed by atoms with Crippen molar-refractivity contribution in [3.63, 3.8) is 0 Å². The van der Waals surface area contributed by atoms with Crippen molar-refractivity contribution in [1.29, 1.82) is 0 Å². The van der Waals surface area contributed by atoms with Gasteiger partial charge in [0.2, 0.25) is 5.91 Å². The highest BCUT2D eigenvalue weighted by Crippen LogP contribution is 2.33. The summed E-state index contributed by atoms with van der Waals surface area (Å²) in [5.41, 5.74) is 0.137. The summed E-state index contributed by atoms with van der Waals surface area (Å²) in [5.74, 6) is -1.66. The molecule has 0 radical (unpaired) electrons. The van der Waals surface area contributed by atoms with E-state index in [-0.39, 0.29) is 30.2 Å². The molecule has 0 aliphatic carbocycles. The molecule has 2 aromatic rings. The third-order valence-corrected chi connectivity index (χ3v) is 4.93. The maximum Gasteiger partial charge on any atom is 0.311 e. The van der Waals surface area contributed by atoms with Gasteiger partial charge in [0.15, 0.2) is 6.61 Å². The number of hydrogen-bond acceptors (Lipinski definition) is 8. The molecule has 0 saturated carbocycles. The summed E-state index contributed by atoms with van der Waals surface area (Å²) in [6, 6.07) is 10.9. The molecule has 2 amide bonds.